The smallest absolute Gasteiger partial charge is 0.366 e. The third-order valence-electron chi connectivity index (χ3n) is 2.50. The Morgan fingerprint density at radius 3 is 2.33 bits per heavy atom. The minimum absolute atomic E-state index is 0.210. The average Bonchev–Trinajstić information content (AvgIpc) is 2.29. The molecule has 0 spiro atoms. The first-order chi connectivity index (χ1) is 8.37. The van der Waals surface area contributed by atoms with E-state index in [2.05, 4.69) is 15.9 Å². The zero-order valence-corrected chi connectivity index (χ0v) is 13.2. The number of aliphatic hydroxyl groups is 1. The Bertz CT molecular complexity index is 437. The van der Waals surface area contributed by atoms with E-state index in [1.54, 1.807) is 32.0 Å². The summed E-state index contributed by atoms with van der Waals surface area (Å²) < 4.78 is 23.8. The molecule has 0 saturated carbocycles. The Hall–Kier alpha value is -0.190. The van der Waals surface area contributed by atoms with Crippen molar-refractivity contribution < 1.29 is 18.7 Å². The molecule has 1 atom stereocenters. The molecule has 0 amide bonds. The van der Waals surface area contributed by atoms with Crippen LogP contribution in [0, 0.1) is 0 Å². The molecule has 0 aliphatic carbocycles. The predicted molar refractivity (Wildman–Crippen MR) is 74.6 cm³/mol. The Labute approximate surface area is 116 Å². The number of halogens is 1. The van der Waals surface area contributed by atoms with Crippen LogP contribution in [0.5, 0.6) is 0 Å². The molecular weight excluding hydrogens is 319 g/mol. The summed E-state index contributed by atoms with van der Waals surface area (Å²) in [6.45, 7) is 5.29. The van der Waals surface area contributed by atoms with Crippen molar-refractivity contribution in [1.82, 2.24) is 0 Å². The molecule has 0 aromatic heterocycles. The second-order valence-electron chi connectivity index (χ2n) is 3.86. The van der Waals surface area contributed by atoms with Gasteiger partial charge in [-0.05, 0) is 38.5 Å². The highest BCUT2D eigenvalue weighted by molar-refractivity contribution is 9.10. The first-order valence-electron chi connectivity index (χ1n) is 5.75. The minimum atomic E-state index is -3.63. The monoisotopic (exact) mass is 336 g/mol. The standard InChI is InChI=1S/C12H18BrO4P/c1-4-16-18(15,17-5-2)12(3,14)10-7-6-8-11(13)9-10/h6-9,14H,4-5H2,1-3H3. The van der Waals surface area contributed by atoms with E-state index in [0.29, 0.717) is 5.56 Å². The molecule has 0 fully saturated rings. The van der Waals surface area contributed by atoms with Crippen molar-refractivity contribution in [2.75, 3.05) is 13.2 Å². The van der Waals surface area contributed by atoms with Gasteiger partial charge >= 0.3 is 7.60 Å². The predicted octanol–water partition coefficient (Wildman–Crippen LogP) is 3.88. The molecule has 4 nitrogen and oxygen atoms in total. The molecule has 1 unspecified atom stereocenters. The first kappa shape index (κ1) is 15.9. The van der Waals surface area contributed by atoms with Gasteiger partial charge in [0.15, 0.2) is 5.34 Å². The van der Waals surface area contributed by atoms with Gasteiger partial charge in [-0.15, -0.1) is 0 Å². The van der Waals surface area contributed by atoms with Crippen LogP contribution in [0.3, 0.4) is 0 Å². The molecule has 1 rings (SSSR count). The highest BCUT2D eigenvalue weighted by Crippen LogP contribution is 2.63. The lowest BCUT2D eigenvalue weighted by atomic mass is 10.1. The second kappa shape index (κ2) is 6.31. The summed E-state index contributed by atoms with van der Waals surface area (Å²) in [6.07, 6.45) is 0. The molecule has 6 heteroatoms. The quantitative estimate of drug-likeness (QED) is 0.801. The largest absolute Gasteiger partial charge is 0.373 e. The van der Waals surface area contributed by atoms with E-state index in [9.17, 15) is 9.67 Å². The molecular formula is C12H18BrO4P. The van der Waals surface area contributed by atoms with Gasteiger partial charge < -0.3 is 14.2 Å². The summed E-state index contributed by atoms with van der Waals surface area (Å²) in [5.74, 6) is 0. The van der Waals surface area contributed by atoms with Gasteiger partial charge in [0.25, 0.3) is 0 Å². The van der Waals surface area contributed by atoms with Crippen LogP contribution < -0.4 is 0 Å². The number of hydrogen-bond acceptors (Lipinski definition) is 4. The van der Waals surface area contributed by atoms with Gasteiger partial charge in [-0.25, -0.2) is 0 Å². The van der Waals surface area contributed by atoms with E-state index >= 15 is 0 Å². The molecule has 1 N–H and O–H groups in total. The maximum Gasteiger partial charge on any atom is 0.366 e. The van der Waals surface area contributed by atoms with Crippen LogP contribution in [0.1, 0.15) is 26.3 Å². The lowest BCUT2D eigenvalue weighted by Crippen LogP contribution is -2.24. The van der Waals surface area contributed by atoms with Crippen molar-refractivity contribution in [3.63, 3.8) is 0 Å². The summed E-state index contributed by atoms with van der Waals surface area (Å²) >= 11 is 3.32. The van der Waals surface area contributed by atoms with E-state index in [4.69, 9.17) is 9.05 Å². The fourth-order valence-electron chi connectivity index (χ4n) is 1.57. The summed E-state index contributed by atoms with van der Waals surface area (Å²) in [6, 6.07) is 6.97. The lowest BCUT2D eigenvalue weighted by Gasteiger charge is -2.31. The SMILES string of the molecule is CCOP(=O)(OCC)C(C)(O)c1cccc(Br)c1. The summed E-state index contributed by atoms with van der Waals surface area (Å²) in [4.78, 5) is 0. The molecule has 0 saturated heterocycles. The van der Waals surface area contributed by atoms with Crippen molar-refractivity contribution in [1.29, 1.82) is 0 Å². The van der Waals surface area contributed by atoms with Crippen LogP contribution in [0.25, 0.3) is 0 Å². The molecule has 0 aliphatic heterocycles. The van der Waals surface area contributed by atoms with E-state index in [1.807, 2.05) is 6.07 Å². The van der Waals surface area contributed by atoms with Crippen molar-refractivity contribution in [3.8, 4) is 0 Å². The number of hydrogen-bond donors (Lipinski definition) is 1. The maximum absolute atomic E-state index is 12.6. The van der Waals surface area contributed by atoms with Crippen LogP contribution in [0.2, 0.25) is 0 Å². The van der Waals surface area contributed by atoms with E-state index in [1.165, 1.54) is 6.92 Å². The zero-order chi connectivity index (χ0) is 13.8. The van der Waals surface area contributed by atoms with Crippen molar-refractivity contribution in [3.05, 3.63) is 34.3 Å². The normalized spacial score (nSPS) is 15.4. The minimum Gasteiger partial charge on any atom is -0.373 e. The van der Waals surface area contributed by atoms with Crippen LogP contribution in [-0.2, 0) is 19.0 Å². The third-order valence-corrected chi connectivity index (χ3v) is 5.52. The lowest BCUT2D eigenvalue weighted by molar-refractivity contribution is 0.0802. The highest BCUT2D eigenvalue weighted by atomic mass is 79.9. The summed E-state index contributed by atoms with van der Waals surface area (Å²) in [5.41, 5.74) is 0.488. The van der Waals surface area contributed by atoms with Gasteiger partial charge in [-0.1, -0.05) is 28.1 Å². The third kappa shape index (κ3) is 3.22. The van der Waals surface area contributed by atoms with Gasteiger partial charge in [0, 0.05) is 4.47 Å². The Morgan fingerprint density at radius 2 is 1.89 bits per heavy atom. The Balaban J connectivity index is 3.20. The van der Waals surface area contributed by atoms with Gasteiger partial charge in [-0.3, -0.25) is 4.57 Å². The van der Waals surface area contributed by atoms with Gasteiger partial charge in [0.2, 0.25) is 0 Å². The first-order valence-corrected chi connectivity index (χ1v) is 8.08. The van der Waals surface area contributed by atoms with Crippen LogP contribution in [0.15, 0.2) is 28.7 Å². The molecule has 18 heavy (non-hydrogen) atoms. The molecule has 1 aromatic carbocycles. The maximum atomic E-state index is 12.6. The number of benzene rings is 1. The van der Waals surface area contributed by atoms with Gasteiger partial charge in [-0.2, -0.15) is 0 Å². The summed E-state index contributed by atoms with van der Waals surface area (Å²) in [5, 5.41) is 8.88. The van der Waals surface area contributed by atoms with Crippen molar-refractivity contribution in [2.45, 2.75) is 26.1 Å². The van der Waals surface area contributed by atoms with E-state index < -0.39 is 12.9 Å². The number of rotatable bonds is 6. The van der Waals surface area contributed by atoms with Crippen LogP contribution >= 0.6 is 23.5 Å². The van der Waals surface area contributed by atoms with E-state index in [-0.39, 0.29) is 13.2 Å². The van der Waals surface area contributed by atoms with Crippen LogP contribution in [-0.4, -0.2) is 18.3 Å². The molecule has 0 heterocycles. The summed E-state index contributed by atoms with van der Waals surface area (Å²) in [7, 11) is -3.63. The topological polar surface area (TPSA) is 55.8 Å². The second-order valence-corrected chi connectivity index (χ2v) is 7.16. The molecule has 0 bridgehead atoms. The Morgan fingerprint density at radius 1 is 1.33 bits per heavy atom. The van der Waals surface area contributed by atoms with Crippen LogP contribution in [0.4, 0.5) is 0 Å². The fraction of sp³-hybridized carbons (Fsp3) is 0.500. The fourth-order valence-corrected chi connectivity index (χ4v) is 3.68. The molecule has 102 valence electrons. The van der Waals surface area contributed by atoms with Crippen molar-refractivity contribution >= 4 is 23.5 Å². The highest BCUT2D eigenvalue weighted by Gasteiger charge is 2.47. The van der Waals surface area contributed by atoms with Gasteiger partial charge in [0.1, 0.15) is 0 Å². The zero-order valence-electron chi connectivity index (χ0n) is 10.7. The van der Waals surface area contributed by atoms with Gasteiger partial charge in [0.05, 0.1) is 13.2 Å². The Kier molecular flexibility index (Phi) is 5.56. The van der Waals surface area contributed by atoms with Crippen molar-refractivity contribution in [2.24, 2.45) is 0 Å². The molecule has 0 aliphatic rings. The average molecular weight is 337 g/mol. The van der Waals surface area contributed by atoms with E-state index in [0.717, 1.165) is 4.47 Å². The molecule has 0 radical (unpaired) electrons. The molecule has 1 aromatic rings.